The zero-order chi connectivity index (χ0) is 26.5. The Morgan fingerprint density at radius 2 is 1.58 bits per heavy atom. The van der Waals surface area contributed by atoms with Crippen molar-refractivity contribution in [1.29, 1.82) is 0 Å². The molecule has 0 spiro atoms. The molecule has 0 unspecified atom stereocenters. The number of carbonyl (C=O) groups is 1. The average Bonchev–Trinajstić information content (AvgIpc) is 2.80. The number of rotatable bonds is 9. The first-order valence-electron chi connectivity index (χ1n) is 10.4. The Balaban J connectivity index is 1.67. The third-order valence-electron chi connectivity index (χ3n) is 4.95. The second-order valence-electron chi connectivity index (χ2n) is 7.68. The molecule has 6 nitrogen and oxygen atoms in total. The highest BCUT2D eigenvalue weighted by molar-refractivity contribution is 7.92. The van der Waals surface area contributed by atoms with Crippen LogP contribution in [0.2, 0.25) is 10.0 Å². The number of ether oxygens (including phenoxy) is 1. The van der Waals surface area contributed by atoms with Gasteiger partial charge < -0.3 is 10.1 Å². The van der Waals surface area contributed by atoms with Crippen LogP contribution < -0.4 is 14.4 Å². The molecule has 3 aromatic rings. The van der Waals surface area contributed by atoms with Gasteiger partial charge in [-0.15, -0.1) is 0 Å². The molecule has 0 saturated heterocycles. The molecule has 3 aromatic carbocycles. The highest BCUT2D eigenvalue weighted by Gasteiger charge is 2.37. The maximum absolute atomic E-state index is 13.6. The number of sulfonamides is 1. The van der Waals surface area contributed by atoms with E-state index in [-0.39, 0.29) is 24.7 Å². The van der Waals surface area contributed by atoms with Gasteiger partial charge in [-0.1, -0.05) is 35.3 Å². The fourth-order valence-corrected chi connectivity index (χ4v) is 4.43. The third-order valence-corrected chi connectivity index (χ3v) is 6.56. The van der Waals surface area contributed by atoms with Crippen LogP contribution in [0.25, 0.3) is 0 Å². The quantitative estimate of drug-likeness (QED) is 0.336. The first-order chi connectivity index (χ1) is 16.8. The molecule has 0 atom stereocenters. The molecule has 192 valence electrons. The largest absolute Gasteiger partial charge is 0.492 e. The lowest BCUT2D eigenvalue weighted by atomic mass is 10.1. The number of amides is 1. The molecular formula is C24H21Cl2F3N2O4S. The summed E-state index contributed by atoms with van der Waals surface area (Å²) in [5.74, 6) is 0.209. The second kappa shape index (κ2) is 11.4. The molecule has 0 aliphatic carbocycles. The van der Waals surface area contributed by atoms with Crippen molar-refractivity contribution in [2.75, 3.05) is 23.7 Å². The Morgan fingerprint density at radius 1 is 0.972 bits per heavy atom. The highest BCUT2D eigenvalue weighted by Crippen LogP contribution is 2.39. The Hall–Kier alpha value is -2.95. The maximum Gasteiger partial charge on any atom is 0.418 e. The van der Waals surface area contributed by atoms with Crippen molar-refractivity contribution in [3.05, 3.63) is 93.5 Å². The van der Waals surface area contributed by atoms with Gasteiger partial charge in [0.2, 0.25) is 10.0 Å². The number of alkyl halides is 3. The number of halogens is 5. The predicted octanol–water partition coefficient (Wildman–Crippen LogP) is 5.79. The summed E-state index contributed by atoms with van der Waals surface area (Å²) < 4.78 is 71.6. The number of nitrogens with one attached hydrogen (secondary N) is 1. The molecule has 3 rings (SSSR count). The van der Waals surface area contributed by atoms with Crippen LogP contribution in [0.4, 0.5) is 18.9 Å². The van der Waals surface area contributed by atoms with Crippen LogP contribution in [-0.4, -0.2) is 33.7 Å². The molecular weight excluding hydrogens is 540 g/mol. The van der Waals surface area contributed by atoms with E-state index in [0.29, 0.717) is 32.3 Å². The molecule has 0 aliphatic rings. The molecule has 1 N–H and O–H groups in total. The van der Waals surface area contributed by atoms with E-state index in [9.17, 15) is 26.4 Å². The van der Waals surface area contributed by atoms with Crippen LogP contribution in [-0.2, 0) is 22.7 Å². The summed E-state index contributed by atoms with van der Waals surface area (Å²) in [6.07, 6.45) is -4.00. The monoisotopic (exact) mass is 560 g/mol. The molecule has 0 saturated carbocycles. The molecule has 0 radical (unpaired) electrons. The number of hydrogen-bond acceptors (Lipinski definition) is 4. The standard InChI is InChI=1S/C24H21Cl2F3N2O4S/c1-36(33,34)31(22-11-8-19(26)14-21(22)24(27,28)29)15-16-2-4-17(5-3-16)23(32)30-12-13-35-20-9-6-18(25)7-10-20/h2-11,14H,12-13,15H2,1H3,(H,30,32). The van der Waals surface area contributed by atoms with Gasteiger partial charge in [0.25, 0.3) is 5.91 Å². The minimum absolute atomic E-state index is 0.173. The van der Waals surface area contributed by atoms with Crippen LogP contribution in [0.5, 0.6) is 5.75 Å². The third kappa shape index (κ3) is 7.52. The number of nitrogens with zero attached hydrogens (tertiary/aromatic N) is 1. The first-order valence-corrected chi connectivity index (χ1v) is 13.0. The van der Waals surface area contributed by atoms with Crippen LogP contribution >= 0.6 is 23.2 Å². The number of hydrogen-bond donors (Lipinski definition) is 1. The van der Waals surface area contributed by atoms with E-state index in [1.54, 1.807) is 24.3 Å². The molecule has 0 heterocycles. The Kier molecular flexibility index (Phi) is 8.76. The Labute approximate surface area is 216 Å². The zero-order valence-electron chi connectivity index (χ0n) is 18.9. The van der Waals surface area contributed by atoms with Crippen molar-refractivity contribution in [2.45, 2.75) is 12.7 Å². The van der Waals surface area contributed by atoms with Crippen molar-refractivity contribution in [3.63, 3.8) is 0 Å². The lowest BCUT2D eigenvalue weighted by Crippen LogP contribution is -2.31. The van der Waals surface area contributed by atoms with Gasteiger partial charge in [0.15, 0.2) is 0 Å². The molecule has 0 aromatic heterocycles. The second-order valence-corrected chi connectivity index (χ2v) is 10.5. The van der Waals surface area contributed by atoms with Crippen molar-refractivity contribution < 1.29 is 31.1 Å². The van der Waals surface area contributed by atoms with E-state index < -0.39 is 33.4 Å². The summed E-state index contributed by atoms with van der Waals surface area (Å²) in [5.41, 5.74) is -1.04. The van der Waals surface area contributed by atoms with Gasteiger partial charge >= 0.3 is 6.18 Å². The van der Waals surface area contributed by atoms with Crippen molar-refractivity contribution in [1.82, 2.24) is 5.32 Å². The minimum atomic E-state index is -4.82. The van der Waals surface area contributed by atoms with E-state index in [2.05, 4.69) is 5.32 Å². The van der Waals surface area contributed by atoms with E-state index in [1.807, 2.05) is 0 Å². The molecule has 0 aliphatic heterocycles. The fourth-order valence-electron chi connectivity index (χ4n) is 3.23. The van der Waals surface area contributed by atoms with Crippen molar-refractivity contribution in [3.8, 4) is 5.75 Å². The van der Waals surface area contributed by atoms with Gasteiger partial charge in [0.1, 0.15) is 12.4 Å². The van der Waals surface area contributed by atoms with Crippen molar-refractivity contribution in [2.24, 2.45) is 0 Å². The topological polar surface area (TPSA) is 75.7 Å². The normalized spacial score (nSPS) is 11.7. The summed E-state index contributed by atoms with van der Waals surface area (Å²) in [5, 5.41) is 3.09. The van der Waals surface area contributed by atoms with Crippen LogP contribution in [0.3, 0.4) is 0 Å². The maximum atomic E-state index is 13.6. The lowest BCUT2D eigenvalue weighted by molar-refractivity contribution is -0.137. The molecule has 0 bridgehead atoms. The Morgan fingerprint density at radius 3 is 2.17 bits per heavy atom. The summed E-state index contributed by atoms with van der Waals surface area (Å²) in [6.45, 7) is 0.0691. The summed E-state index contributed by atoms with van der Waals surface area (Å²) in [6, 6.07) is 15.5. The van der Waals surface area contributed by atoms with Crippen LogP contribution in [0.15, 0.2) is 66.7 Å². The van der Waals surface area contributed by atoms with Gasteiger partial charge in [-0.25, -0.2) is 8.42 Å². The van der Waals surface area contributed by atoms with E-state index >= 15 is 0 Å². The van der Waals surface area contributed by atoms with Gasteiger partial charge in [0, 0.05) is 15.6 Å². The lowest BCUT2D eigenvalue weighted by Gasteiger charge is -2.26. The van der Waals surface area contributed by atoms with Gasteiger partial charge in [-0.05, 0) is 60.2 Å². The molecule has 12 heteroatoms. The van der Waals surface area contributed by atoms with E-state index in [4.69, 9.17) is 27.9 Å². The zero-order valence-corrected chi connectivity index (χ0v) is 21.2. The summed E-state index contributed by atoms with van der Waals surface area (Å²) in [4.78, 5) is 12.4. The van der Waals surface area contributed by atoms with Gasteiger partial charge in [-0.3, -0.25) is 9.10 Å². The van der Waals surface area contributed by atoms with E-state index in [1.165, 1.54) is 30.3 Å². The summed E-state index contributed by atoms with van der Waals surface area (Å²) in [7, 11) is -4.09. The highest BCUT2D eigenvalue weighted by atomic mass is 35.5. The number of benzene rings is 3. The van der Waals surface area contributed by atoms with Gasteiger partial charge in [0.05, 0.1) is 30.6 Å². The predicted molar refractivity (Wildman–Crippen MR) is 133 cm³/mol. The number of anilines is 1. The van der Waals surface area contributed by atoms with E-state index in [0.717, 1.165) is 12.3 Å². The average molecular weight is 561 g/mol. The molecule has 0 fully saturated rings. The Bertz CT molecular complexity index is 1320. The molecule has 36 heavy (non-hydrogen) atoms. The first kappa shape index (κ1) is 27.6. The smallest absolute Gasteiger partial charge is 0.418 e. The number of carbonyl (C=O) groups excluding carboxylic acids is 1. The minimum Gasteiger partial charge on any atom is -0.492 e. The van der Waals surface area contributed by atoms with Crippen molar-refractivity contribution >= 4 is 44.8 Å². The van der Waals surface area contributed by atoms with Crippen LogP contribution in [0, 0.1) is 0 Å². The van der Waals surface area contributed by atoms with Gasteiger partial charge in [-0.2, -0.15) is 13.2 Å². The SMILES string of the molecule is CS(=O)(=O)N(Cc1ccc(C(=O)NCCOc2ccc(Cl)cc2)cc1)c1ccc(Cl)cc1C(F)(F)F. The van der Waals surface area contributed by atoms with Crippen LogP contribution in [0.1, 0.15) is 21.5 Å². The molecule has 1 amide bonds. The summed E-state index contributed by atoms with van der Waals surface area (Å²) >= 11 is 11.5. The fraction of sp³-hybridized carbons (Fsp3) is 0.208.